The third kappa shape index (κ3) is 7.49. The molecule has 0 radical (unpaired) electrons. The highest BCUT2D eigenvalue weighted by atomic mass is 32.1. The second kappa shape index (κ2) is 12.7. The van der Waals surface area contributed by atoms with Crippen LogP contribution in [-0.4, -0.2) is 64.3 Å². The van der Waals surface area contributed by atoms with Gasteiger partial charge in [-0.2, -0.15) is 13.2 Å². The maximum Gasteiger partial charge on any atom is 0.423 e. The molecule has 0 unspecified atom stereocenters. The van der Waals surface area contributed by atoms with E-state index in [1.807, 2.05) is 12.3 Å². The molecule has 2 aliphatic carbocycles. The Hall–Kier alpha value is -3.35. The molecule has 0 bridgehead atoms. The van der Waals surface area contributed by atoms with E-state index in [0.717, 1.165) is 62.0 Å². The number of alkyl halides is 3. The van der Waals surface area contributed by atoms with Gasteiger partial charge >= 0.3 is 6.18 Å². The number of nitrogens with zero attached hydrogens (tertiary/aromatic N) is 4. The first kappa shape index (κ1) is 29.2. The van der Waals surface area contributed by atoms with Crippen LogP contribution in [0.25, 0.3) is 0 Å². The van der Waals surface area contributed by atoms with Crippen molar-refractivity contribution in [2.24, 2.45) is 0 Å². The molecule has 1 saturated heterocycles. The van der Waals surface area contributed by atoms with E-state index in [4.69, 9.17) is 17.0 Å². The molecule has 222 valence electrons. The minimum atomic E-state index is -4.80. The Morgan fingerprint density at radius 3 is 2.37 bits per heavy atom. The molecule has 0 atom stereocenters. The number of pyridine rings is 1. The van der Waals surface area contributed by atoms with Gasteiger partial charge in [0.15, 0.2) is 5.11 Å². The molecule has 3 aliphatic rings. The average Bonchev–Trinajstić information content (AvgIpc) is 3.47. The number of rotatable bonds is 7. The van der Waals surface area contributed by atoms with Gasteiger partial charge in [0, 0.05) is 56.1 Å². The lowest BCUT2D eigenvalue weighted by Crippen LogP contribution is -2.53. The van der Waals surface area contributed by atoms with Gasteiger partial charge in [0.05, 0.1) is 29.1 Å². The summed E-state index contributed by atoms with van der Waals surface area (Å²) in [5.74, 6) is 0.699. The molecule has 2 N–H and O–H groups in total. The van der Waals surface area contributed by atoms with E-state index < -0.39 is 22.4 Å². The number of nitro benzene ring substituents is 1. The van der Waals surface area contributed by atoms with E-state index in [1.165, 1.54) is 31.7 Å². The normalized spacial score (nSPS) is 21.9. The molecule has 41 heavy (non-hydrogen) atoms. The zero-order valence-corrected chi connectivity index (χ0v) is 23.6. The van der Waals surface area contributed by atoms with Crippen molar-refractivity contribution >= 4 is 34.4 Å². The third-order valence-electron chi connectivity index (χ3n) is 8.16. The molecule has 2 saturated carbocycles. The summed E-state index contributed by atoms with van der Waals surface area (Å²) in [6.45, 7) is 3.37. The predicted octanol–water partition coefficient (Wildman–Crippen LogP) is 5.75. The zero-order chi connectivity index (χ0) is 29.0. The topological polar surface area (TPSA) is 95.8 Å². The van der Waals surface area contributed by atoms with E-state index in [2.05, 4.69) is 25.4 Å². The van der Waals surface area contributed by atoms with Crippen LogP contribution in [-0.2, 0) is 6.18 Å². The Kier molecular flexibility index (Phi) is 9.00. The van der Waals surface area contributed by atoms with E-state index in [-0.39, 0.29) is 17.8 Å². The SMILES string of the molecule is O=[N+]([O-])c1ccc(NC2CCC(Oc3cncc(N4CCN(C(=S)NC5CCCC5)CC4)c3)CC2)cc1C(F)(F)F. The van der Waals surface area contributed by atoms with Crippen molar-refractivity contribution in [2.45, 2.75) is 75.7 Å². The van der Waals surface area contributed by atoms with Crippen LogP contribution in [0.3, 0.4) is 0 Å². The second-order valence-electron chi connectivity index (χ2n) is 11.0. The summed E-state index contributed by atoms with van der Waals surface area (Å²) in [4.78, 5) is 18.9. The van der Waals surface area contributed by atoms with Gasteiger partial charge < -0.3 is 25.2 Å². The second-order valence-corrected chi connectivity index (χ2v) is 11.4. The van der Waals surface area contributed by atoms with Crippen molar-refractivity contribution < 1.29 is 22.8 Å². The number of nitro groups is 1. The maximum absolute atomic E-state index is 13.3. The van der Waals surface area contributed by atoms with Crippen LogP contribution in [0.15, 0.2) is 36.7 Å². The highest BCUT2D eigenvalue weighted by Gasteiger charge is 2.38. The summed E-state index contributed by atoms with van der Waals surface area (Å²) in [5, 5.41) is 18.5. The molecule has 3 fully saturated rings. The van der Waals surface area contributed by atoms with Gasteiger partial charge in [0.2, 0.25) is 0 Å². The van der Waals surface area contributed by atoms with Crippen molar-refractivity contribution in [1.29, 1.82) is 0 Å². The Morgan fingerprint density at radius 2 is 1.71 bits per heavy atom. The monoisotopic (exact) mass is 592 g/mol. The number of ether oxygens (including phenoxy) is 1. The molecule has 0 amide bonds. The average molecular weight is 593 g/mol. The van der Waals surface area contributed by atoms with Crippen LogP contribution < -0.4 is 20.3 Å². The lowest BCUT2D eigenvalue weighted by atomic mass is 9.92. The molecule has 1 aromatic heterocycles. The summed E-state index contributed by atoms with van der Waals surface area (Å²) in [5.41, 5.74) is -0.968. The zero-order valence-electron chi connectivity index (χ0n) is 22.7. The van der Waals surface area contributed by atoms with E-state index >= 15 is 0 Å². The number of benzene rings is 1. The minimum absolute atomic E-state index is 0.0245. The number of aromatic nitrogens is 1. The molecule has 1 aromatic carbocycles. The van der Waals surface area contributed by atoms with Crippen LogP contribution in [0.2, 0.25) is 0 Å². The summed E-state index contributed by atoms with van der Waals surface area (Å²) in [6, 6.07) is 5.52. The van der Waals surface area contributed by atoms with E-state index in [0.29, 0.717) is 24.6 Å². The fourth-order valence-electron chi connectivity index (χ4n) is 5.91. The Balaban J connectivity index is 1.09. The van der Waals surface area contributed by atoms with E-state index in [9.17, 15) is 23.3 Å². The molecular formula is C28H35F3N6O3S. The Bertz CT molecular complexity index is 1230. The summed E-state index contributed by atoms with van der Waals surface area (Å²) in [7, 11) is 0. The van der Waals surface area contributed by atoms with Gasteiger partial charge in [-0.05, 0) is 62.9 Å². The summed E-state index contributed by atoms with van der Waals surface area (Å²) in [6.07, 6.45) is 6.51. The van der Waals surface area contributed by atoms with Gasteiger partial charge in [0.25, 0.3) is 5.69 Å². The van der Waals surface area contributed by atoms with Crippen LogP contribution in [0, 0.1) is 10.1 Å². The number of piperazine rings is 1. The number of thiocarbonyl (C=S) groups is 1. The smallest absolute Gasteiger partial charge is 0.423 e. The van der Waals surface area contributed by atoms with Crippen LogP contribution in [0.1, 0.15) is 56.9 Å². The van der Waals surface area contributed by atoms with Gasteiger partial charge in [-0.25, -0.2) is 0 Å². The van der Waals surface area contributed by atoms with Gasteiger partial charge in [-0.15, -0.1) is 0 Å². The lowest BCUT2D eigenvalue weighted by molar-refractivity contribution is -0.388. The fraction of sp³-hybridized carbons (Fsp3) is 0.571. The first-order valence-corrected chi connectivity index (χ1v) is 14.6. The van der Waals surface area contributed by atoms with Gasteiger partial charge in [0.1, 0.15) is 11.3 Å². The van der Waals surface area contributed by atoms with Crippen molar-refractivity contribution in [3.8, 4) is 5.75 Å². The van der Waals surface area contributed by atoms with Gasteiger partial charge in [-0.1, -0.05) is 12.8 Å². The molecule has 1 aliphatic heterocycles. The first-order chi connectivity index (χ1) is 19.7. The standard InChI is InChI=1S/C28H35F3N6O3S/c29-28(30,31)25-15-21(7-10-26(25)37(38)39)33-20-5-8-23(9-6-20)40-24-16-22(17-32-18-24)35-11-13-36(14-12-35)27(41)34-19-3-1-2-4-19/h7,10,15-20,23,33H,1-6,8-9,11-14H2,(H,34,41). The lowest BCUT2D eigenvalue weighted by Gasteiger charge is -2.38. The Morgan fingerprint density at radius 1 is 1.00 bits per heavy atom. The summed E-state index contributed by atoms with van der Waals surface area (Å²) >= 11 is 5.65. The van der Waals surface area contributed by atoms with Gasteiger partial charge in [-0.3, -0.25) is 15.1 Å². The molecule has 2 heterocycles. The number of nitrogens with one attached hydrogen (secondary N) is 2. The van der Waals surface area contributed by atoms with Crippen molar-refractivity contribution in [2.75, 3.05) is 36.4 Å². The highest BCUT2D eigenvalue weighted by Crippen LogP contribution is 2.38. The first-order valence-electron chi connectivity index (χ1n) is 14.2. The molecule has 2 aromatic rings. The predicted molar refractivity (Wildman–Crippen MR) is 154 cm³/mol. The maximum atomic E-state index is 13.3. The van der Waals surface area contributed by atoms with E-state index in [1.54, 1.807) is 6.20 Å². The minimum Gasteiger partial charge on any atom is -0.489 e. The van der Waals surface area contributed by atoms with Crippen LogP contribution >= 0.6 is 12.2 Å². The molecule has 13 heteroatoms. The quantitative estimate of drug-likeness (QED) is 0.237. The number of hydrogen-bond donors (Lipinski definition) is 2. The highest BCUT2D eigenvalue weighted by molar-refractivity contribution is 7.80. The van der Waals surface area contributed by atoms with Crippen LogP contribution in [0.5, 0.6) is 5.75 Å². The van der Waals surface area contributed by atoms with Crippen molar-refractivity contribution in [1.82, 2.24) is 15.2 Å². The third-order valence-corrected chi connectivity index (χ3v) is 8.54. The number of anilines is 2. The van der Waals surface area contributed by atoms with Crippen LogP contribution in [0.4, 0.5) is 30.2 Å². The van der Waals surface area contributed by atoms with Crippen molar-refractivity contribution in [3.63, 3.8) is 0 Å². The number of hydrogen-bond acceptors (Lipinski definition) is 7. The fourth-order valence-corrected chi connectivity index (χ4v) is 6.26. The Labute approximate surface area is 242 Å². The number of halogens is 3. The molecule has 5 rings (SSSR count). The van der Waals surface area contributed by atoms with Crippen molar-refractivity contribution in [3.05, 3.63) is 52.3 Å². The molecule has 0 spiro atoms. The largest absolute Gasteiger partial charge is 0.489 e. The summed E-state index contributed by atoms with van der Waals surface area (Å²) < 4.78 is 46.2. The molecule has 9 nitrogen and oxygen atoms in total. The molecular weight excluding hydrogens is 557 g/mol.